The summed E-state index contributed by atoms with van der Waals surface area (Å²) >= 11 is 0. The maximum absolute atomic E-state index is 12.9. The van der Waals surface area contributed by atoms with Crippen molar-refractivity contribution in [1.29, 1.82) is 0 Å². The van der Waals surface area contributed by atoms with E-state index in [1.54, 1.807) is 0 Å². The van der Waals surface area contributed by atoms with Gasteiger partial charge >= 0.3 is 17.9 Å². The fourth-order valence-electron chi connectivity index (χ4n) is 9.40. The Morgan fingerprint density at radius 1 is 0.259 bits per heavy atom. The lowest BCUT2D eigenvalue weighted by Gasteiger charge is -2.18. The highest BCUT2D eigenvalue weighted by Gasteiger charge is 2.19. The highest BCUT2D eigenvalue weighted by molar-refractivity contribution is 5.71. The minimum atomic E-state index is -0.795. The van der Waals surface area contributed by atoms with Crippen LogP contribution in [-0.2, 0) is 28.6 Å². The molecule has 1 unspecified atom stereocenters. The van der Waals surface area contributed by atoms with E-state index in [0.29, 0.717) is 19.3 Å². The Hall–Kier alpha value is -4.19. The third-order valence-electron chi connectivity index (χ3n) is 14.4. The standard InChI is InChI=1S/C75H126O6/c1-4-7-10-13-16-19-22-25-28-29-30-31-32-33-34-35-36-37-38-39-40-41-42-43-44-45-48-50-53-56-59-62-65-68-74(77)80-71-72(81-75(78)69-66-63-60-57-54-51-47-27-24-21-18-15-12-9-6-3)70-79-73(76)67-64-61-58-55-52-49-46-26-23-20-17-14-11-8-5-2/h7,9-10,12,16-21,25-28,30-31,33-34,46-47,72H,4-6,8,11,13-15,22-24,29,32,35-45,48-71H2,1-3H3/b10-7-,12-9-,19-16-,20-17-,21-18-,28-25-,31-30-,34-33-,46-26-,47-27-. The van der Waals surface area contributed by atoms with Gasteiger partial charge in [0.25, 0.3) is 0 Å². The molecule has 0 heterocycles. The number of ether oxygens (including phenoxy) is 3. The zero-order valence-electron chi connectivity index (χ0n) is 53.0. The zero-order valence-corrected chi connectivity index (χ0v) is 53.0. The van der Waals surface area contributed by atoms with Crippen LogP contribution in [0.2, 0.25) is 0 Å². The number of rotatable bonds is 61. The summed E-state index contributed by atoms with van der Waals surface area (Å²) in [4.78, 5) is 38.3. The van der Waals surface area contributed by atoms with Crippen LogP contribution in [0.5, 0.6) is 0 Å². The Balaban J connectivity index is 4.21. The molecule has 0 aliphatic heterocycles. The molecule has 0 saturated carbocycles. The number of carbonyl (C=O) groups excluding carboxylic acids is 3. The first kappa shape index (κ1) is 76.8. The second-order valence-electron chi connectivity index (χ2n) is 22.3. The molecule has 0 radical (unpaired) electrons. The van der Waals surface area contributed by atoms with Crippen molar-refractivity contribution in [2.24, 2.45) is 0 Å². The third kappa shape index (κ3) is 66.5. The molecule has 0 N–H and O–H groups in total. The van der Waals surface area contributed by atoms with Crippen LogP contribution in [0.25, 0.3) is 0 Å². The van der Waals surface area contributed by atoms with Crippen LogP contribution in [0.15, 0.2) is 122 Å². The quantitative estimate of drug-likeness (QED) is 0.0261. The summed E-state index contributed by atoms with van der Waals surface area (Å²) in [5.74, 6) is -0.912. The van der Waals surface area contributed by atoms with Crippen LogP contribution in [0.4, 0.5) is 0 Å². The van der Waals surface area contributed by atoms with Gasteiger partial charge in [-0.1, -0.05) is 290 Å². The van der Waals surface area contributed by atoms with Crippen LogP contribution in [0, 0.1) is 0 Å². The molecular weight excluding hydrogens is 997 g/mol. The summed E-state index contributed by atoms with van der Waals surface area (Å²) in [5.41, 5.74) is 0. The van der Waals surface area contributed by atoms with Gasteiger partial charge in [0.2, 0.25) is 0 Å². The molecule has 0 aromatic rings. The Morgan fingerprint density at radius 3 is 0.753 bits per heavy atom. The molecular formula is C75H126O6. The molecule has 0 amide bonds. The smallest absolute Gasteiger partial charge is 0.306 e. The molecule has 0 rings (SSSR count). The maximum Gasteiger partial charge on any atom is 0.306 e. The Bertz CT molecular complexity index is 1670. The predicted molar refractivity (Wildman–Crippen MR) is 353 cm³/mol. The zero-order chi connectivity index (χ0) is 58.5. The van der Waals surface area contributed by atoms with Crippen molar-refractivity contribution in [3.63, 3.8) is 0 Å². The SMILES string of the molecule is CC/C=C\C/C=C\C/C=C\C/C=C\C/C=C\CCCCCCCCCCCCCCCCCCCC(=O)OCC(COC(=O)CCCCCCC/C=C\C/C=C\CCCCC)OC(=O)CCCCCCC/C=C\C/C=C\C/C=C\CC. The van der Waals surface area contributed by atoms with Crippen molar-refractivity contribution >= 4 is 17.9 Å². The third-order valence-corrected chi connectivity index (χ3v) is 14.4. The minimum Gasteiger partial charge on any atom is -0.462 e. The van der Waals surface area contributed by atoms with Crippen LogP contribution in [0.1, 0.15) is 316 Å². The summed E-state index contributed by atoms with van der Waals surface area (Å²) in [5, 5.41) is 0. The molecule has 0 bridgehead atoms. The fourth-order valence-corrected chi connectivity index (χ4v) is 9.40. The second-order valence-corrected chi connectivity index (χ2v) is 22.3. The van der Waals surface area contributed by atoms with Gasteiger partial charge in [-0.3, -0.25) is 14.4 Å². The van der Waals surface area contributed by atoms with E-state index in [1.807, 2.05) is 0 Å². The molecule has 0 aliphatic rings. The van der Waals surface area contributed by atoms with E-state index < -0.39 is 6.10 Å². The van der Waals surface area contributed by atoms with E-state index in [0.717, 1.165) is 154 Å². The fraction of sp³-hybridized carbons (Fsp3) is 0.693. The Kier molecular flexibility index (Phi) is 64.8. The average Bonchev–Trinajstić information content (AvgIpc) is 3.47. The molecule has 1 atom stereocenters. The number of carbonyl (C=O) groups is 3. The maximum atomic E-state index is 12.9. The molecule has 0 aromatic carbocycles. The van der Waals surface area contributed by atoms with Gasteiger partial charge in [-0.05, 0) is 128 Å². The van der Waals surface area contributed by atoms with Crippen molar-refractivity contribution in [3.05, 3.63) is 122 Å². The first-order valence-electron chi connectivity index (χ1n) is 34.0. The van der Waals surface area contributed by atoms with Crippen molar-refractivity contribution in [3.8, 4) is 0 Å². The van der Waals surface area contributed by atoms with Crippen molar-refractivity contribution in [1.82, 2.24) is 0 Å². The Labute approximate surface area is 501 Å². The van der Waals surface area contributed by atoms with E-state index in [2.05, 4.69) is 142 Å². The number of hydrogen-bond acceptors (Lipinski definition) is 6. The molecule has 81 heavy (non-hydrogen) atoms. The van der Waals surface area contributed by atoms with Crippen LogP contribution in [-0.4, -0.2) is 37.2 Å². The summed E-state index contributed by atoms with van der Waals surface area (Å²) < 4.78 is 16.9. The normalized spacial score (nSPS) is 12.9. The lowest BCUT2D eigenvalue weighted by molar-refractivity contribution is -0.167. The second kappa shape index (κ2) is 68.3. The lowest BCUT2D eigenvalue weighted by Crippen LogP contribution is -2.30. The highest BCUT2D eigenvalue weighted by atomic mass is 16.6. The van der Waals surface area contributed by atoms with Gasteiger partial charge in [-0.25, -0.2) is 0 Å². The van der Waals surface area contributed by atoms with Crippen molar-refractivity contribution in [2.45, 2.75) is 322 Å². The van der Waals surface area contributed by atoms with Gasteiger partial charge < -0.3 is 14.2 Å². The molecule has 0 saturated heterocycles. The van der Waals surface area contributed by atoms with Crippen LogP contribution < -0.4 is 0 Å². The largest absolute Gasteiger partial charge is 0.462 e. The summed E-state index contributed by atoms with van der Waals surface area (Å²) in [6, 6.07) is 0. The van der Waals surface area contributed by atoms with E-state index in [4.69, 9.17) is 14.2 Å². The number of hydrogen-bond donors (Lipinski definition) is 0. The van der Waals surface area contributed by atoms with Gasteiger partial charge in [0.15, 0.2) is 6.10 Å². The van der Waals surface area contributed by atoms with Gasteiger partial charge in [-0.15, -0.1) is 0 Å². The molecule has 0 spiro atoms. The predicted octanol–water partition coefficient (Wildman–Crippen LogP) is 23.6. The number of allylic oxidation sites excluding steroid dienone is 20. The van der Waals surface area contributed by atoms with E-state index in [9.17, 15) is 14.4 Å². The molecule has 0 fully saturated rings. The van der Waals surface area contributed by atoms with Gasteiger partial charge in [-0.2, -0.15) is 0 Å². The van der Waals surface area contributed by atoms with Crippen molar-refractivity contribution in [2.75, 3.05) is 13.2 Å². The summed E-state index contributed by atoms with van der Waals surface area (Å²) in [7, 11) is 0. The summed E-state index contributed by atoms with van der Waals surface area (Å²) in [6.07, 6.45) is 95.1. The van der Waals surface area contributed by atoms with E-state index in [1.165, 1.54) is 122 Å². The van der Waals surface area contributed by atoms with Gasteiger partial charge in [0, 0.05) is 19.3 Å². The number of esters is 3. The first-order chi connectivity index (χ1) is 40.0. The van der Waals surface area contributed by atoms with Gasteiger partial charge in [0.05, 0.1) is 0 Å². The van der Waals surface area contributed by atoms with Crippen LogP contribution in [0.3, 0.4) is 0 Å². The lowest BCUT2D eigenvalue weighted by atomic mass is 10.0. The molecule has 6 nitrogen and oxygen atoms in total. The molecule has 6 heteroatoms. The molecule has 462 valence electrons. The van der Waals surface area contributed by atoms with Crippen molar-refractivity contribution < 1.29 is 28.6 Å². The Morgan fingerprint density at radius 2 is 0.481 bits per heavy atom. The van der Waals surface area contributed by atoms with E-state index >= 15 is 0 Å². The molecule has 0 aliphatic carbocycles. The van der Waals surface area contributed by atoms with E-state index in [-0.39, 0.29) is 31.1 Å². The van der Waals surface area contributed by atoms with Gasteiger partial charge in [0.1, 0.15) is 13.2 Å². The first-order valence-corrected chi connectivity index (χ1v) is 34.0. The van der Waals surface area contributed by atoms with Crippen LogP contribution >= 0.6 is 0 Å². The monoisotopic (exact) mass is 1120 g/mol. The molecule has 0 aromatic heterocycles. The number of unbranched alkanes of at least 4 members (excludes halogenated alkanes) is 30. The average molecular weight is 1120 g/mol. The minimum absolute atomic E-state index is 0.0891. The summed E-state index contributed by atoms with van der Waals surface area (Å²) in [6.45, 7) is 6.38. The highest BCUT2D eigenvalue weighted by Crippen LogP contribution is 2.17. The topological polar surface area (TPSA) is 78.9 Å².